The Bertz CT molecular complexity index is 1200. The minimum absolute atomic E-state index is 0.0110. The third-order valence-electron chi connectivity index (χ3n) is 5.02. The van der Waals surface area contributed by atoms with Crippen molar-refractivity contribution in [3.8, 4) is 11.3 Å². The summed E-state index contributed by atoms with van der Waals surface area (Å²) in [5.74, 6) is -1.01. The first-order chi connectivity index (χ1) is 15.9. The molecule has 0 bridgehead atoms. The highest BCUT2D eigenvalue weighted by atomic mass is 32.1. The molecular formula is C22H18N4O6S. The van der Waals surface area contributed by atoms with Gasteiger partial charge in [0.25, 0.3) is 5.69 Å². The molecule has 0 spiro atoms. The third-order valence-corrected chi connectivity index (χ3v) is 5.78. The number of amides is 3. The number of hydrogen-bond acceptors (Lipinski definition) is 8. The number of carbonyl (C=O) groups is 3. The molecule has 10 nitrogen and oxygen atoms in total. The summed E-state index contributed by atoms with van der Waals surface area (Å²) in [5, 5.41) is 15.4. The van der Waals surface area contributed by atoms with Crippen LogP contribution in [0.25, 0.3) is 11.3 Å². The van der Waals surface area contributed by atoms with Gasteiger partial charge in [0.05, 0.1) is 10.6 Å². The molecular weight excluding hydrogens is 448 g/mol. The van der Waals surface area contributed by atoms with E-state index in [0.29, 0.717) is 11.3 Å². The Hall–Kier alpha value is -4.12. The first-order valence-corrected chi connectivity index (χ1v) is 10.8. The molecule has 168 valence electrons. The number of thiazole rings is 1. The molecule has 0 radical (unpaired) electrons. The minimum atomic E-state index is -0.993. The van der Waals surface area contributed by atoms with E-state index < -0.39 is 28.9 Å². The Balaban J connectivity index is 1.40. The lowest BCUT2D eigenvalue weighted by atomic mass is 10.1. The number of rotatable bonds is 6. The quantitative estimate of drug-likeness (QED) is 0.429. The second kappa shape index (κ2) is 9.57. The van der Waals surface area contributed by atoms with Gasteiger partial charge in [-0.15, -0.1) is 11.3 Å². The molecule has 1 N–H and O–H groups in total. The molecule has 0 unspecified atom stereocenters. The fourth-order valence-corrected chi connectivity index (χ4v) is 4.08. The number of benzene rings is 2. The first kappa shape index (κ1) is 22.1. The smallest absolute Gasteiger partial charge is 0.417 e. The Labute approximate surface area is 192 Å². The molecule has 1 fully saturated rings. The normalized spacial score (nSPS) is 15.3. The van der Waals surface area contributed by atoms with Crippen molar-refractivity contribution in [3.63, 3.8) is 0 Å². The number of hydrogen-bond donors (Lipinski definition) is 1. The standard InChI is InChI=1S/C22H18N4O6S/c27-19-11-10-18(25(19)22(29)32-12-14-4-2-1-3-5-14)20(28)24-21-23-17(13-33-21)15-6-8-16(9-7-15)26(30)31/h1-9,13,18H,10-12H2,(H,23,24,28)/t18-/m0/s1. The number of carbonyl (C=O) groups excluding carboxylic acids is 3. The Morgan fingerprint density at radius 3 is 2.61 bits per heavy atom. The number of aromatic nitrogens is 1. The fraction of sp³-hybridized carbons (Fsp3) is 0.182. The van der Waals surface area contributed by atoms with Crippen molar-refractivity contribution in [2.24, 2.45) is 0 Å². The van der Waals surface area contributed by atoms with Gasteiger partial charge in [0.1, 0.15) is 12.6 Å². The summed E-state index contributed by atoms with van der Waals surface area (Å²) in [7, 11) is 0. The van der Waals surface area contributed by atoms with Crippen molar-refractivity contribution < 1.29 is 24.0 Å². The molecule has 2 aromatic carbocycles. The number of anilines is 1. The second-order valence-corrected chi connectivity index (χ2v) is 8.05. The molecule has 1 aromatic heterocycles. The van der Waals surface area contributed by atoms with Crippen LogP contribution in [0.4, 0.5) is 15.6 Å². The summed E-state index contributed by atoms with van der Waals surface area (Å²) in [5.41, 5.74) is 1.92. The van der Waals surface area contributed by atoms with E-state index in [1.54, 1.807) is 41.8 Å². The Morgan fingerprint density at radius 2 is 1.91 bits per heavy atom. The van der Waals surface area contributed by atoms with E-state index in [0.717, 1.165) is 21.8 Å². The third kappa shape index (κ3) is 5.04. The largest absolute Gasteiger partial charge is 0.444 e. The number of nitrogens with zero attached hydrogens (tertiary/aromatic N) is 3. The van der Waals surface area contributed by atoms with Crippen LogP contribution in [0.2, 0.25) is 0 Å². The van der Waals surface area contributed by atoms with Crippen LogP contribution in [0.3, 0.4) is 0 Å². The summed E-state index contributed by atoms with van der Waals surface area (Å²) in [6.45, 7) is -0.0110. The van der Waals surface area contributed by atoms with E-state index >= 15 is 0 Å². The predicted octanol–water partition coefficient (Wildman–Crippen LogP) is 3.98. The average Bonchev–Trinajstić information content (AvgIpc) is 3.45. The second-order valence-electron chi connectivity index (χ2n) is 7.19. The number of likely N-dealkylation sites (tertiary alicyclic amines) is 1. The molecule has 0 aliphatic carbocycles. The van der Waals surface area contributed by atoms with Crippen LogP contribution < -0.4 is 5.32 Å². The van der Waals surface area contributed by atoms with Crippen LogP contribution in [0, 0.1) is 10.1 Å². The summed E-state index contributed by atoms with van der Waals surface area (Å²) < 4.78 is 5.23. The number of nitro benzene ring substituents is 1. The summed E-state index contributed by atoms with van der Waals surface area (Å²) >= 11 is 1.16. The van der Waals surface area contributed by atoms with E-state index in [1.807, 2.05) is 6.07 Å². The topological polar surface area (TPSA) is 132 Å². The zero-order chi connectivity index (χ0) is 23.4. The molecule has 1 aliphatic heterocycles. The Kier molecular flexibility index (Phi) is 6.41. The van der Waals surface area contributed by atoms with Crippen molar-refractivity contribution >= 4 is 40.1 Å². The molecule has 1 atom stereocenters. The monoisotopic (exact) mass is 466 g/mol. The van der Waals surface area contributed by atoms with E-state index in [9.17, 15) is 24.5 Å². The van der Waals surface area contributed by atoms with Gasteiger partial charge in [-0.2, -0.15) is 0 Å². The zero-order valence-corrected chi connectivity index (χ0v) is 18.0. The van der Waals surface area contributed by atoms with Gasteiger partial charge in [-0.05, 0) is 24.1 Å². The number of ether oxygens (including phenoxy) is 1. The van der Waals surface area contributed by atoms with Gasteiger partial charge in [0, 0.05) is 29.5 Å². The molecule has 3 aromatic rings. The van der Waals surface area contributed by atoms with Gasteiger partial charge in [-0.3, -0.25) is 19.7 Å². The lowest BCUT2D eigenvalue weighted by Gasteiger charge is -2.21. The van der Waals surface area contributed by atoms with Gasteiger partial charge in [0.15, 0.2) is 5.13 Å². The summed E-state index contributed by atoms with van der Waals surface area (Å²) in [6, 6.07) is 13.9. The molecule has 1 aliphatic rings. The molecule has 33 heavy (non-hydrogen) atoms. The molecule has 2 heterocycles. The van der Waals surface area contributed by atoms with E-state index in [-0.39, 0.29) is 30.3 Å². The van der Waals surface area contributed by atoms with Gasteiger partial charge in [-0.1, -0.05) is 30.3 Å². The van der Waals surface area contributed by atoms with Crippen LogP contribution in [-0.4, -0.2) is 38.8 Å². The van der Waals surface area contributed by atoms with E-state index in [4.69, 9.17) is 4.74 Å². The van der Waals surface area contributed by atoms with Gasteiger partial charge in [0.2, 0.25) is 11.8 Å². The highest BCUT2D eigenvalue weighted by Gasteiger charge is 2.41. The van der Waals surface area contributed by atoms with Crippen LogP contribution in [0.5, 0.6) is 0 Å². The maximum atomic E-state index is 12.8. The van der Waals surface area contributed by atoms with Crippen molar-refractivity contribution in [2.45, 2.75) is 25.5 Å². The first-order valence-electron chi connectivity index (χ1n) is 9.96. The number of nitro groups is 1. The van der Waals surface area contributed by atoms with Crippen LogP contribution in [-0.2, 0) is 20.9 Å². The Morgan fingerprint density at radius 1 is 1.18 bits per heavy atom. The lowest BCUT2D eigenvalue weighted by Crippen LogP contribution is -2.45. The van der Waals surface area contributed by atoms with Crippen LogP contribution in [0.15, 0.2) is 60.0 Å². The average molecular weight is 466 g/mol. The number of non-ortho nitro benzene ring substituents is 1. The maximum absolute atomic E-state index is 12.8. The van der Waals surface area contributed by atoms with Crippen molar-refractivity contribution in [3.05, 3.63) is 75.7 Å². The van der Waals surface area contributed by atoms with Gasteiger partial charge in [-0.25, -0.2) is 14.7 Å². The van der Waals surface area contributed by atoms with E-state index in [1.165, 1.54) is 12.1 Å². The fourth-order valence-electron chi connectivity index (χ4n) is 3.36. The highest BCUT2D eigenvalue weighted by Crippen LogP contribution is 2.28. The SMILES string of the molecule is O=C(Nc1nc(-c2ccc([N+](=O)[O-])cc2)cs1)[C@@H]1CCC(=O)N1C(=O)OCc1ccccc1. The summed E-state index contributed by atoms with van der Waals surface area (Å²) in [6.07, 6.45) is -0.622. The van der Waals surface area contributed by atoms with Crippen molar-refractivity contribution in [1.29, 1.82) is 0 Å². The minimum Gasteiger partial charge on any atom is -0.444 e. The van der Waals surface area contributed by atoms with Crippen LogP contribution >= 0.6 is 11.3 Å². The molecule has 3 amide bonds. The zero-order valence-electron chi connectivity index (χ0n) is 17.2. The predicted molar refractivity (Wildman–Crippen MR) is 119 cm³/mol. The molecule has 0 saturated carbocycles. The lowest BCUT2D eigenvalue weighted by molar-refractivity contribution is -0.384. The molecule has 4 rings (SSSR count). The van der Waals surface area contributed by atoms with Gasteiger partial charge >= 0.3 is 6.09 Å². The van der Waals surface area contributed by atoms with E-state index in [2.05, 4.69) is 10.3 Å². The molecule has 1 saturated heterocycles. The number of imide groups is 1. The van der Waals surface area contributed by atoms with Crippen molar-refractivity contribution in [1.82, 2.24) is 9.88 Å². The van der Waals surface area contributed by atoms with Crippen molar-refractivity contribution in [2.75, 3.05) is 5.32 Å². The van der Waals surface area contributed by atoms with Crippen LogP contribution in [0.1, 0.15) is 18.4 Å². The maximum Gasteiger partial charge on any atom is 0.417 e. The summed E-state index contributed by atoms with van der Waals surface area (Å²) in [4.78, 5) is 53.0. The molecule has 11 heteroatoms. The van der Waals surface area contributed by atoms with Gasteiger partial charge < -0.3 is 10.1 Å². The highest BCUT2D eigenvalue weighted by molar-refractivity contribution is 7.14. The number of nitrogens with one attached hydrogen (secondary N) is 1.